The number of nitrogens with one attached hydrogen (secondary N) is 2. The molecule has 0 aliphatic carbocycles. The summed E-state index contributed by atoms with van der Waals surface area (Å²) in [6, 6.07) is 7.55. The lowest BCUT2D eigenvalue weighted by Gasteiger charge is -2.24. The number of amidine groups is 1. The number of rotatable bonds is 10. The third-order valence-corrected chi connectivity index (χ3v) is 6.79. The Labute approximate surface area is 269 Å². The molecule has 0 spiro atoms. The van der Waals surface area contributed by atoms with Crippen LogP contribution in [-0.2, 0) is 30.5 Å². The molecule has 1 aliphatic rings. The van der Waals surface area contributed by atoms with E-state index in [-0.39, 0.29) is 5.84 Å². The number of hydrogen-bond donors (Lipinski definition) is 7. The molecule has 22 heteroatoms. The van der Waals surface area contributed by atoms with Crippen LogP contribution in [0.2, 0.25) is 0 Å². The quantitative estimate of drug-likeness (QED) is 0.0614. The fourth-order valence-electron chi connectivity index (χ4n) is 3.59. The smallest absolute Gasteiger partial charge is 0.481 e. The zero-order valence-corrected chi connectivity index (χ0v) is 24.8. The molecule has 1 aliphatic heterocycles. The van der Waals surface area contributed by atoms with Crippen molar-refractivity contribution in [1.29, 1.82) is 5.41 Å². The highest BCUT2D eigenvalue weighted by molar-refractivity contribution is 7.13. The average Bonchev–Trinajstić information content (AvgIpc) is 3.62. The van der Waals surface area contributed by atoms with Gasteiger partial charge < -0.3 is 36.2 Å². The molecule has 15 nitrogen and oxygen atoms in total. The number of esters is 1. The Balaban J connectivity index is 0.000000687. The summed E-state index contributed by atoms with van der Waals surface area (Å²) in [4.78, 5) is 68.1. The van der Waals surface area contributed by atoms with Gasteiger partial charge in [-0.2, -0.15) is 26.3 Å². The predicted molar refractivity (Wildman–Crippen MR) is 149 cm³/mol. The summed E-state index contributed by atoms with van der Waals surface area (Å²) in [5, 5.41) is 42.0. The van der Waals surface area contributed by atoms with E-state index in [2.05, 4.69) is 5.32 Å². The lowest BCUT2D eigenvalue weighted by molar-refractivity contribution is -0.193. The van der Waals surface area contributed by atoms with Gasteiger partial charge in [-0.1, -0.05) is 0 Å². The number of hydrogen-bond acceptors (Lipinski definition) is 10. The van der Waals surface area contributed by atoms with E-state index in [0.29, 0.717) is 35.7 Å². The summed E-state index contributed by atoms with van der Waals surface area (Å²) in [5.41, 5.74) is 5.92. The number of nitrogens with two attached hydrogens (primary N) is 1. The predicted octanol–water partition coefficient (Wildman–Crippen LogP) is 2.53. The van der Waals surface area contributed by atoms with Crippen molar-refractivity contribution in [2.24, 2.45) is 5.73 Å². The molecule has 1 unspecified atom stereocenters. The van der Waals surface area contributed by atoms with Gasteiger partial charge in [0.2, 0.25) is 5.91 Å². The van der Waals surface area contributed by atoms with Crippen LogP contribution in [0.15, 0.2) is 36.4 Å². The summed E-state index contributed by atoms with van der Waals surface area (Å²) in [6.07, 6.45) is -9.63. The van der Waals surface area contributed by atoms with Gasteiger partial charge in [-0.3, -0.25) is 19.9 Å². The molecule has 2 atom stereocenters. The maximum absolute atomic E-state index is 12.6. The maximum atomic E-state index is 12.6. The van der Waals surface area contributed by atoms with Crippen molar-refractivity contribution in [1.82, 2.24) is 10.2 Å². The number of likely N-dealkylation sites (tertiary alicyclic amines) is 1. The van der Waals surface area contributed by atoms with Gasteiger partial charge >= 0.3 is 42.2 Å². The molecule has 264 valence electrons. The van der Waals surface area contributed by atoms with Crippen LogP contribution < -0.4 is 15.8 Å². The van der Waals surface area contributed by atoms with Crippen molar-refractivity contribution in [3.63, 3.8) is 0 Å². The Morgan fingerprint density at radius 2 is 1.46 bits per heavy atom. The SMILES string of the molecule is N=C(N)c1ccc(OC(=O)c2ccc(CN3CCC[C@H]3C(=O)NC(CC(=O)O)C(=O)O)s2)cc1.O=C(O)C(F)(F)F.O=C(O)C(F)(F)F. The van der Waals surface area contributed by atoms with Gasteiger partial charge in [-0.05, 0) is 55.8 Å². The molecule has 1 aromatic heterocycles. The number of benzene rings is 1. The monoisotopic (exact) mass is 716 g/mol. The third-order valence-electron chi connectivity index (χ3n) is 5.74. The molecule has 48 heavy (non-hydrogen) atoms. The van der Waals surface area contributed by atoms with Gasteiger partial charge in [-0.15, -0.1) is 11.3 Å². The van der Waals surface area contributed by atoms with E-state index >= 15 is 0 Å². The fraction of sp³-hybridized carbons (Fsp3) is 0.346. The van der Waals surface area contributed by atoms with E-state index in [9.17, 15) is 45.5 Å². The van der Waals surface area contributed by atoms with Crippen molar-refractivity contribution in [3.8, 4) is 5.75 Å². The van der Waals surface area contributed by atoms with Crippen molar-refractivity contribution in [3.05, 3.63) is 51.7 Å². The van der Waals surface area contributed by atoms with E-state index in [1.807, 2.05) is 4.90 Å². The molecule has 1 aromatic carbocycles. The maximum Gasteiger partial charge on any atom is 0.490 e. The number of alkyl halides is 6. The standard InChI is InChI=1S/C22H24N4O7S.2C2HF3O2/c23-19(24)12-3-5-13(6-4-12)33-22(32)17-8-7-14(34-17)11-26-9-1-2-16(26)20(29)25-15(21(30)31)10-18(27)28;2*3-2(4,5)1(6)7/h3-8,15-16H,1-2,9-11H2,(H3,23,24)(H,25,29)(H,27,28)(H,30,31);2*(H,6,7)/t15?,16-;;/m0../s1. The van der Waals surface area contributed by atoms with E-state index < -0.39 is 66.6 Å². The normalized spacial score (nSPS) is 15.0. The molecule has 1 amide bonds. The van der Waals surface area contributed by atoms with Crippen LogP contribution in [-0.4, -0.2) is 97.9 Å². The molecule has 0 saturated carbocycles. The molecule has 1 fully saturated rings. The fourth-order valence-corrected chi connectivity index (χ4v) is 4.50. The van der Waals surface area contributed by atoms with E-state index in [1.54, 1.807) is 36.4 Å². The summed E-state index contributed by atoms with van der Waals surface area (Å²) in [6.45, 7) is 0.981. The van der Waals surface area contributed by atoms with E-state index in [4.69, 9.17) is 45.9 Å². The number of carbonyl (C=O) groups is 6. The van der Waals surface area contributed by atoms with Gasteiger partial charge in [0.15, 0.2) is 0 Å². The second-order valence-corrected chi connectivity index (χ2v) is 10.5. The number of carboxylic acids is 4. The van der Waals surface area contributed by atoms with Crippen LogP contribution in [0.4, 0.5) is 26.3 Å². The molecule has 2 heterocycles. The van der Waals surface area contributed by atoms with Gasteiger partial charge in [0.05, 0.1) is 12.5 Å². The lowest BCUT2D eigenvalue weighted by Crippen LogP contribution is -2.49. The zero-order chi connectivity index (χ0) is 37.0. The molecular formula is C26H26F6N4O11S. The summed E-state index contributed by atoms with van der Waals surface area (Å²) < 4.78 is 68.8. The first-order chi connectivity index (χ1) is 22.0. The van der Waals surface area contributed by atoms with Crippen molar-refractivity contribution < 1.29 is 80.3 Å². The Kier molecular flexibility index (Phi) is 15.0. The van der Waals surface area contributed by atoms with Gasteiger partial charge in [-0.25, -0.2) is 19.2 Å². The van der Waals surface area contributed by atoms with Crippen molar-refractivity contribution in [2.75, 3.05) is 6.54 Å². The number of carbonyl (C=O) groups excluding carboxylic acids is 2. The number of amides is 1. The summed E-state index contributed by atoms with van der Waals surface area (Å²) >= 11 is 1.22. The van der Waals surface area contributed by atoms with Crippen LogP contribution in [0.1, 0.15) is 39.4 Å². The highest BCUT2D eigenvalue weighted by atomic mass is 32.1. The highest BCUT2D eigenvalue weighted by Crippen LogP contribution is 2.26. The van der Waals surface area contributed by atoms with Gasteiger partial charge in [0.1, 0.15) is 22.5 Å². The van der Waals surface area contributed by atoms with E-state index in [0.717, 1.165) is 11.3 Å². The number of halogens is 6. The Bertz CT molecular complexity index is 1470. The minimum atomic E-state index is -5.08. The largest absolute Gasteiger partial charge is 0.490 e. The molecular weight excluding hydrogens is 690 g/mol. The first kappa shape index (κ1) is 40.8. The van der Waals surface area contributed by atoms with Crippen molar-refractivity contribution in [2.45, 2.75) is 50.2 Å². The lowest BCUT2D eigenvalue weighted by atomic mass is 10.1. The Morgan fingerprint density at radius 1 is 0.938 bits per heavy atom. The number of aliphatic carboxylic acids is 4. The van der Waals surface area contributed by atoms with Gasteiger partial charge in [0, 0.05) is 17.0 Å². The average molecular weight is 717 g/mol. The first-order valence-corrected chi connectivity index (χ1v) is 13.7. The van der Waals surface area contributed by atoms with Crippen LogP contribution in [0, 0.1) is 5.41 Å². The number of carboxylic acid groups (broad SMARTS) is 4. The minimum absolute atomic E-state index is 0.0879. The van der Waals surface area contributed by atoms with Crippen molar-refractivity contribution >= 4 is 52.9 Å². The van der Waals surface area contributed by atoms with Crippen LogP contribution in [0.5, 0.6) is 5.75 Å². The Morgan fingerprint density at radius 3 is 1.90 bits per heavy atom. The molecule has 2 aromatic rings. The topological polar surface area (TPSA) is 258 Å². The number of thiophene rings is 1. The molecule has 8 N–H and O–H groups in total. The van der Waals surface area contributed by atoms with Gasteiger partial charge in [0.25, 0.3) is 0 Å². The highest BCUT2D eigenvalue weighted by Gasteiger charge is 2.39. The summed E-state index contributed by atoms with van der Waals surface area (Å²) in [7, 11) is 0. The Hall–Kier alpha value is -5.25. The first-order valence-electron chi connectivity index (χ1n) is 12.9. The van der Waals surface area contributed by atoms with E-state index in [1.165, 1.54) is 11.3 Å². The molecule has 3 rings (SSSR count). The number of ether oxygens (including phenoxy) is 1. The third kappa shape index (κ3) is 14.0. The van der Waals surface area contributed by atoms with Crippen LogP contribution in [0.25, 0.3) is 0 Å². The van der Waals surface area contributed by atoms with Crippen LogP contribution >= 0.6 is 11.3 Å². The minimum Gasteiger partial charge on any atom is -0.481 e. The second kappa shape index (κ2) is 17.6. The number of nitrogens with zero attached hydrogens (tertiary/aromatic N) is 1. The molecule has 0 radical (unpaired) electrons. The van der Waals surface area contributed by atoms with Crippen LogP contribution in [0.3, 0.4) is 0 Å². The zero-order valence-electron chi connectivity index (χ0n) is 24.0. The molecule has 1 saturated heterocycles. The number of nitrogen functional groups attached to an aromatic ring is 1. The molecule has 0 bridgehead atoms. The second-order valence-electron chi connectivity index (χ2n) is 9.33. The summed E-state index contributed by atoms with van der Waals surface area (Å²) in [5.74, 6) is -9.08.